The third kappa shape index (κ3) is 2.81. The Bertz CT molecular complexity index is 450. The van der Waals surface area contributed by atoms with E-state index in [-0.39, 0.29) is 17.9 Å². The summed E-state index contributed by atoms with van der Waals surface area (Å²) in [7, 11) is 1.38. The summed E-state index contributed by atoms with van der Waals surface area (Å²) in [4.78, 5) is 13.2. The number of para-hydroxylation sites is 1. The van der Waals surface area contributed by atoms with E-state index in [1.165, 1.54) is 7.11 Å². The van der Waals surface area contributed by atoms with Gasteiger partial charge in [0.25, 0.3) is 0 Å². The van der Waals surface area contributed by atoms with Crippen molar-refractivity contribution in [1.29, 1.82) is 0 Å². The van der Waals surface area contributed by atoms with E-state index in [0.717, 1.165) is 12.0 Å². The second-order valence-corrected chi connectivity index (χ2v) is 4.87. The number of hydrogen-bond acceptors (Lipinski definition) is 4. The second-order valence-electron chi connectivity index (χ2n) is 4.87. The topological polar surface area (TPSA) is 75.8 Å². The van der Waals surface area contributed by atoms with Crippen LogP contribution in [-0.4, -0.2) is 42.8 Å². The molecule has 104 valence electrons. The number of likely N-dealkylation sites (tertiary alicyclic amines) is 1. The monoisotopic (exact) mass is 264 g/mol. The second kappa shape index (κ2) is 5.93. The Labute approximate surface area is 113 Å². The highest BCUT2D eigenvalue weighted by Crippen LogP contribution is 2.36. The van der Waals surface area contributed by atoms with Gasteiger partial charge >= 0.3 is 6.09 Å². The van der Waals surface area contributed by atoms with Crippen LogP contribution in [0.5, 0.6) is 5.75 Å². The van der Waals surface area contributed by atoms with E-state index in [1.807, 2.05) is 12.1 Å². The van der Waals surface area contributed by atoms with Gasteiger partial charge in [-0.15, -0.1) is 0 Å². The molecule has 19 heavy (non-hydrogen) atoms. The molecule has 3 N–H and O–H groups in total. The maximum atomic E-state index is 11.6. The fourth-order valence-corrected chi connectivity index (χ4v) is 2.78. The Hall–Kier alpha value is -1.75. The number of carbonyl (C=O) groups excluding carboxylic acids is 1. The smallest absolute Gasteiger partial charge is 0.409 e. The number of nitrogens with two attached hydrogens (primary N) is 1. The SMILES string of the molecule is COC(=O)N1CCC(c2ccccc2O)C(CN)C1. The molecule has 0 aliphatic carbocycles. The molecule has 1 amide bonds. The van der Waals surface area contributed by atoms with Crippen molar-refractivity contribution >= 4 is 6.09 Å². The molecule has 5 heteroatoms. The molecule has 1 aromatic carbocycles. The van der Waals surface area contributed by atoms with Crippen molar-refractivity contribution in [3.8, 4) is 5.75 Å². The Kier molecular flexibility index (Phi) is 4.27. The van der Waals surface area contributed by atoms with Crippen molar-refractivity contribution in [1.82, 2.24) is 4.90 Å². The lowest BCUT2D eigenvalue weighted by Crippen LogP contribution is -2.45. The molecule has 0 radical (unpaired) electrons. The number of phenolic OH excluding ortho intramolecular Hbond substituents is 1. The lowest BCUT2D eigenvalue weighted by atomic mass is 9.80. The predicted molar refractivity (Wildman–Crippen MR) is 72.0 cm³/mol. The number of benzene rings is 1. The number of hydrogen-bond donors (Lipinski definition) is 2. The van der Waals surface area contributed by atoms with E-state index in [4.69, 9.17) is 10.5 Å². The molecule has 0 saturated carbocycles. The first-order valence-corrected chi connectivity index (χ1v) is 6.48. The van der Waals surface area contributed by atoms with Gasteiger partial charge in [0.1, 0.15) is 5.75 Å². The van der Waals surface area contributed by atoms with Crippen LogP contribution in [0.3, 0.4) is 0 Å². The molecule has 0 aromatic heterocycles. The van der Waals surface area contributed by atoms with E-state index in [2.05, 4.69) is 0 Å². The molecule has 1 fully saturated rings. The first-order chi connectivity index (χ1) is 9.17. The Morgan fingerprint density at radius 1 is 1.53 bits per heavy atom. The summed E-state index contributed by atoms with van der Waals surface area (Å²) in [6.45, 7) is 1.68. The highest BCUT2D eigenvalue weighted by atomic mass is 16.5. The van der Waals surface area contributed by atoms with Crippen LogP contribution in [0.4, 0.5) is 4.79 Å². The van der Waals surface area contributed by atoms with Crippen LogP contribution in [-0.2, 0) is 4.74 Å². The first kappa shape index (κ1) is 13.7. The highest BCUT2D eigenvalue weighted by Gasteiger charge is 2.33. The maximum Gasteiger partial charge on any atom is 0.409 e. The quantitative estimate of drug-likeness (QED) is 0.849. The van der Waals surface area contributed by atoms with Crippen LogP contribution < -0.4 is 5.73 Å². The van der Waals surface area contributed by atoms with E-state index in [0.29, 0.717) is 25.4 Å². The molecular weight excluding hydrogens is 244 g/mol. The highest BCUT2D eigenvalue weighted by molar-refractivity contribution is 5.67. The summed E-state index contributed by atoms with van der Waals surface area (Å²) < 4.78 is 4.74. The Morgan fingerprint density at radius 3 is 2.89 bits per heavy atom. The van der Waals surface area contributed by atoms with Crippen molar-refractivity contribution in [2.24, 2.45) is 11.7 Å². The van der Waals surface area contributed by atoms with Gasteiger partial charge in [0, 0.05) is 13.1 Å². The molecule has 2 unspecified atom stereocenters. The average Bonchev–Trinajstić information content (AvgIpc) is 2.46. The third-order valence-electron chi connectivity index (χ3n) is 3.81. The largest absolute Gasteiger partial charge is 0.508 e. The minimum atomic E-state index is -0.311. The van der Waals surface area contributed by atoms with Crippen molar-refractivity contribution in [2.75, 3.05) is 26.7 Å². The molecule has 2 rings (SSSR count). The number of phenols is 1. The maximum absolute atomic E-state index is 11.6. The molecule has 1 aromatic rings. The van der Waals surface area contributed by atoms with Crippen molar-refractivity contribution in [3.05, 3.63) is 29.8 Å². The predicted octanol–water partition coefficient (Wildman–Crippen LogP) is 1.52. The van der Waals surface area contributed by atoms with Crippen molar-refractivity contribution in [2.45, 2.75) is 12.3 Å². The van der Waals surface area contributed by atoms with Gasteiger partial charge in [-0.05, 0) is 36.4 Å². The summed E-state index contributed by atoms with van der Waals surface area (Å²) in [5.74, 6) is 0.630. The van der Waals surface area contributed by atoms with Crippen LogP contribution in [0.25, 0.3) is 0 Å². The first-order valence-electron chi connectivity index (χ1n) is 6.48. The number of carbonyl (C=O) groups is 1. The Morgan fingerprint density at radius 2 is 2.26 bits per heavy atom. The summed E-state index contributed by atoms with van der Waals surface area (Å²) in [6.07, 6.45) is 0.475. The van der Waals surface area contributed by atoms with E-state index >= 15 is 0 Å². The summed E-state index contributed by atoms with van der Waals surface area (Å²) in [5.41, 5.74) is 6.74. The molecule has 2 atom stereocenters. The zero-order chi connectivity index (χ0) is 13.8. The zero-order valence-corrected chi connectivity index (χ0v) is 11.1. The fourth-order valence-electron chi connectivity index (χ4n) is 2.78. The number of nitrogens with zero attached hydrogens (tertiary/aromatic N) is 1. The van der Waals surface area contributed by atoms with Gasteiger partial charge in [-0.1, -0.05) is 18.2 Å². The molecule has 0 spiro atoms. The standard InChI is InChI=1S/C14H20N2O3/c1-19-14(18)16-7-6-11(10(8-15)9-16)12-4-2-3-5-13(12)17/h2-5,10-11,17H,6-9,15H2,1H3. The van der Waals surface area contributed by atoms with Gasteiger partial charge in [-0.3, -0.25) is 0 Å². The van der Waals surface area contributed by atoms with Crippen molar-refractivity contribution < 1.29 is 14.6 Å². The van der Waals surface area contributed by atoms with E-state index in [1.54, 1.807) is 17.0 Å². The van der Waals surface area contributed by atoms with Crippen LogP contribution in [0.15, 0.2) is 24.3 Å². The fraction of sp³-hybridized carbons (Fsp3) is 0.500. The molecule has 1 heterocycles. The van der Waals surface area contributed by atoms with Gasteiger partial charge in [-0.2, -0.15) is 0 Å². The minimum Gasteiger partial charge on any atom is -0.508 e. The lowest BCUT2D eigenvalue weighted by Gasteiger charge is -2.37. The van der Waals surface area contributed by atoms with Crippen LogP contribution >= 0.6 is 0 Å². The van der Waals surface area contributed by atoms with Gasteiger partial charge in [0.15, 0.2) is 0 Å². The van der Waals surface area contributed by atoms with Crippen LogP contribution in [0.1, 0.15) is 17.9 Å². The molecule has 1 aliphatic heterocycles. The average molecular weight is 264 g/mol. The van der Waals surface area contributed by atoms with Crippen LogP contribution in [0, 0.1) is 5.92 Å². The van der Waals surface area contributed by atoms with E-state index < -0.39 is 0 Å². The summed E-state index contributed by atoms with van der Waals surface area (Å²) in [6, 6.07) is 7.33. The molecule has 1 aliphatic rings. The Balaban J connectivity index is 2.16. The van der Waals surface area contributed by atoms with Gasteiger partial charge in [0.2, 0.25) is 0 Å². The number of methoxy groups -OCH3 is 1. The summed E-state index contributed by atoms with van der Waals surface area (Å²) in [5, 5.41) is 9.95. The molecule has 1 saturated heterocycles. The number of ether oxygens (including phenoxy) is 1. The third-order valence-corrected chi connectivity index (χ3v) is 3.81. The number of rotatable bonds is 2. The number of amides is 1. The molecule has 5 nitrogen and oxygen atoms in total. The zero-order valence-electron chi connectivity index (χ0n) is 11.1. The number of piperidine rings is 1. The molecule has 0 bridgehead atoms. The normalized spacial score (nSPS) is 23.2. The van der Waals surface area contributed by atoms with E-state index in [9.17, 15) is 9.90 Å². The van der Waals surface area contributed by atoms with Crippen molar-refractivity contribution in [3.63, 3.8) is 0 Å². The minimum absolute atomic E-state index is 0.140. The summed E-state index contributed by atoms with van der Waals surface area (Å²) >= 11 is 0. The van der Waals surface area contributed by atoms with Gasteiger partial charge in [-0.25, -0.2) is 4.79 Å². The molecular formula is C14H20N2O3. The number of aromatic hydroxyl groups is 1. The van der Waals surface area contributed by atoms with Gasteiger partial charge < -0.3 is 20.5 Å². The van der Waals surface area contributed by atoms with Crippen LogP contribution in [0.2, 0.25) is 0 Å². The lowest BCUT2D eigenvalue weighted by molar-refractivity contribution is 0.0968. The van der Waals surface area contributed by atoms with Gasteiger partial charge in [0.05, 0.1) is 7.11 Å².